The van der Waals surface area contributed by atoms with Gasteiger partial charge in [-0.2, -0.15) is 0 Å². The number of carbonyl (C=O) groups excluding carboxylic acids is 1. The van der Waals surface area contributed by atoms with E-state index >= 15 is 0 Å². The Kier molecular flexibility index (Phi) is 12.7. The maximum absolute atomic E-state index is 12.7. The zero-order valence-corrected chi connectivity index (χ0v) is 23.7. The lowest BCUT2D eigenvalue weighted by molar-refractivity contribution is 0.0529. The molecule has 1 fully saturated rings. The number of hydrogen-bond donors (Lipinski definition) is 0. The first kappa shape index (κ1) is 30.2. The van der Waals surface area contributed by atoms with E-state index in [1.165, 1.54) is 0 Å². The molecule has 0 aliphatic carbocycles. The zero-order valence-electron chi connectivity index (χ0n) is 22.1. The molecule has 1 rings (SSSR count). The smallest absolute Gasteiger partial charge is 0.325 e. The summed E-state index contributed by atoms with van der Waals surface area (Å²) < 4.78 is 11.7. The van der Waals surface area contributed by atoms with Gasteiger partial charge in [-0.15, -0.1) is 0 Å². The van der Waals surface area contributed by atoms with Gasteiger partial charge >= 0.3 is 6.03 Å². The molecule has 0 radical (unpaired) electrons. The molecule has 1 aliphatic heterocycles. The number of thiocarbonyl (C=S) groups is 2. The number of rotatable bonds is 14. The van der Waals surface area contributed by atoms with Crippen molar-refractivity contribution >= 4 is 40.4 Å². The highest BCUT2D eigenvalue weighted by atomic mass is 32.1. The van der Waals surface area contributed by atoms with E-state index in [4.69, 9.17) is 33.9 Å². The standard InChI is InChI=1S/C24H46N4O3S2/c1-9-25(8)22(29)28(20(3)32)24(6,7)13-17-31-15-11-14-30-16-12-23(4,5)27-19-26(10-2)18-21(27)33/h9-19H2,1-8H3. The first-order valence-electron chi connectivity index (χ1n) is 12.1. The molecular weight excluding hydrogens is 456 g/mol. The lowest BCUT2D eigenvalue weighted by atomic mass is 9.99. The zero-order chi connectivity index (χ0) is 25.2. The van der Waals surface area contributed by atoms with Gasteiger partial charge in [-0.1, -0.05) is 31.4 Å². The highest BCUT2D eigenvalue weighted by Crippen LogP contribution is 2.24. The summed E-state index contributed by atoms with van der Waals surface area (Å²) in [4.78, 5) is 22.4. The van der Waals surface area contributed by atoms with Gasteiger partial charge in [0.2, 0.25) is 0 Å². The molecule has 0 aromatic heterocycles. The summed E-state index contributed by atoms with van der Waals surface area (Å²) >= 11 is 10.9. The van der Waals surface area contributed by atoms with Gasteiger partial charge in [-0.05, 0) is 67.3 Å². The molecule has 0 saturated carbocycles. The van der Waals surface area contributed by atoms with Crippen molar-refractivity contribution in [3.63, 3.8) is 0 Å². The summed E-state index contributed by atoms with van der Waals surface area (Å²) in [5, 5.41) is 0. The molecule has 0 aromatic rings. The monoisotopic (exact) mass is 502 g/mol. The molecule has 192 valence electrons. The van der Waals surface area contributed by atoms with E-state index in [2.05, 4.69) is 30.6 Å². The summed E-state index contributed by atoms with van der Waals surface area (Å²) in [5.74, 6) is 0. The highest BCUT2D eigenvalue weighted by Gasteiger charge is 2.35. The second-order valence-electron chi connectivity index (χ2n) is 9.96. The van der Waals surface area contributed by atoms with Crippen LogP contribution in [0.1, 0.15) is 67.7 Å². The molecule has 9 heteroatoms. The first-order chi connectivity index (χ1) is 15.4. The number of amides is 2. The van der Waals surface area contributed by atoms with Crippen molar-refractivity contribution < 1.29 is 14.3 Å². The number of urea groups is 1. The van der Waals surface area contributed by atoms with E-state index in [1.54, 1.807) is 23.8 Å². The Hall–Kier alpha value is -0.870. The molecule has 33 heavy (non-hydrogen) atoms. The van der Waals surface area contributed by atoms with E-state index in [0.717, 1.165) is 37.6 Å². The average molecular weight is 503 g/mol. The van der Waals surface area contributed by atoms with Crippen LogP contribution < -0.4 is 0 Å². The van der Waals surface area contributed by atoms with Crippen LogP contribution in [0.4, 0.5) is 4.79 Å². The Labute approximate surface area is 212 Å². The largest absolute Gasteiger partial charge is 0.381 e. The van der Waals surface area contributed by atoms with Crippen LogP contribution in [0.5, 0.6) is 0 Å². The molecule has 0 aromatic carbocycles. The minimum absolute atomic E-state index is 0.00189. The first-order valence-corrected chi connectivity index (χ1v) is 12.9. The third-order valence-corrected chi connectivity index (χ3v) is 6.92. The van der Waals surface area contributed by atoms with Crippen molar-refractivity contribution in [1.29, 1.82) is 0 Å². The Morgan fingerprint density at radius 3 is 2.12 bits per heavy atom. The minimum Gasteiger partial charge on any atom is -0.381 e. The van der Waals surface area contributed by atoms with E-state index in [9.17, 15) is 4.79 Å². The van der Waals surface area contributed by atoms with Crippen LogP contribution in [0.15, 0.2) is 0 Å². The second kappa shape index (κ2) is 13.9. The van der Waals surface area contributed by atoms with Crippen molar-refractivity contribution in [1.82, 2.24) is 19.6 Å². The number of hydrogen-bond acceptors (Lipinski definition) is 6. The quantitative estimate of drug-likeness (QED) is 0.258. The van der Waals surface area contributed by atoms with Crippen LogP contribution in [-0.4, -0.2) is 106 Å². The van der Waals surface area contributed by atoms with E-state index in [0.29, 0.717) is 44.4 Å². The predicted molar refractivity (Wildman–Crippen MR) is 144 cm³/mol. The molecule has 0 N–H and O–H groups in total. The SMILES string of the molecule is CCN1CC(=S)N(C(C)(C)CCOCCCOCCC(C)(C)N(C(=O)N(C)CC)C(C)=S)C1. The summed E-state index contributed by atoms with van der Waals surface area (Å²) in [6.07, 6.45) is 2.50. The third-order valence-electron chi connectivity index (χ3n) is 6.39. The van der Waals surface area contributed by atoms with Crippen LogP contribution in [0.25, 0.3) is 0 Å². The number of nitrogens with zero attached hydrogens (tertiary/aromatic N) is 4. The number of carbonyl (C=O) groups is 1. The summed E-state index contributed by atoms with van der Waals surface area (Å²) in [6, 6.07) is -0.0663. The van der Waals surface area contributed by atoms with Crippen LogP contribution in [-0.2, 0) is 9.47 Å². The van der Waals surface area contributed by atoms with Crippen molar-refractivity contribution in [3.8, 4) is 0 Å². The lowest BCUT2D eigenvalue weighted by Crippen LogP contribution is -2.54. The second-order valence-corrected chi connectivity index (χ2v) is 11.0. The predicted octanol–water partition coefficient (Wildman–Crippen LogP) is 4.39. The van der Waals surface area contributed by atoms with E-state index < -0.39 is 5.54 Å². The van der Waals surface area contributed by atoms with Crippen molar-refractivity contribution in [2.45, 2.75) is 78.8 Å². The lowest BCUT2D eigenvalue weighted by Gasteiger charge is -2.40. The summed E-state index contributed by atoms with van der Waals surface area (Å²) in [5.41, 5.74) is -0.407. The molecule has 1 aliphatic rings. The van der Waals surface area contributed by atoms with Crippen molar-refractivity contribution in [2.75, 3.05) is 59.8 Å². The van der Waals surface area contributed by atoms with Gasteiger partial charge in [0.25, 0.3) is 0 Å². The van der Waals surface area contributed by atoms with Gasteiger partial charge in [0, 0.05) is 51.1 Å². The molecule has 0 spiro atoms. The minimum atomic E-state index is -0.405. The maximum Gasteiger partial charge on any atom is 0.325 e. The fourth-order valence-electron chi connectivity index (χ4n) is 3.83. The Morgan fingerprint density at radius 2 is 1.64 bits per heavy atom. The Bertz CT molecular complexity index is 658. The van der Waals surface area contributed by atoms with Crippen LogP contribution in [0, 0.1) is 0 Å². The summed E-state index contributed by atoms with van der Waals surface area (Å²) in [6.45, 7) is 20.5. The molecule has 0 atom stereocenters. The average Bonchev–Trinajstić information content (AvgIpc) is 3.13. The maximum atomic E-state index is 12.7. The molecule has 7 nitrogen and oxygen atoms in total. The topological polar surface area (TPSA) is 48.5 Å². The van der Waals surface area contributed by atoms with Crippen LogP contribution in [0.2, 0.25) is 0 Å². The normalized spacial score (nSPS) is 15.3. The van der Waals surface area contributed by atoms with E-state index in [1.807, 2.05) is 20.8 Å². The van der Waals surface area contributed by atoms with Gasteiger partial charge in [-0.3, -0.25) is 9.80 Å². The van der Waals surface area contributed by atoms with Crippen LogP contribution in [0.3, 0.4) is 0 Å². The van der Waals surface area contributed by atoms with E-state index in [-0.39, 0.29) is 11.6 Å². The molecule has 0 bridgehead atoms. The highest BCUT2D eigenvalue weighted by molar-refractivity contribution is 7.80. The van der Waals surface area contributed by atoms with Crippen molar-refractivity contribution in [2.24, 2.45) is 0 Å². The van der Waals surface area contributed by atoms with Gasteiger partial charge in [-0.25, -0.2) is 4.79 Å². The fourth-order valence-corrected chi connectivity index (χ4v) is 4.64. The van der Waals surface area contributed by atoms with Gasteiger partial charge in [0.1, 0.15) is 0 Å². The third kappa shape index (κ3) is 9.36. The molecule has 1 heterocycles. The molecule has 1 saturated heterocycles. The Balaban J connectivity index is 2.26. The molecule has 0 unspecified atom stereocenters. The van der Waals surface area contributed by atoms with Gasteiger partial charge < -0.3 is 19.3 Å². The van der Waals surface area contributed by atoms with Gasteiger partial charge in [0.05, 0.1) is 23.2 Å². The summed E-state index contributed by atoms with van der Waals surface area (Å²) in [7, 11) is 1.79. The van der Waals surface area contributed by atoms with Crippen molar-refractivity contribution in [3.05, 3.63) is 0 Å². The molecule has 2 amide bonds. The number of ether oxygens (including phenoxy) is 2. The van der Waals surface area contributed by atoms with Gasteiger partial charge in [0.15, 0.2) is 0 Å². The molecular formula is C24H46N4O3S2. The van der Waals surface area contributed by atoms with Crippen LogP contribution >= 0.6 is 24.4 Å². The number of likely N-dealkylation sites (N-methyl/N-ethyl adjacent to an activating group) is 1. The Morgan fingerprint density at radius 1 is 1.06 bits per heavy atom. The fraction of sp³-hybridized carbons (Fsp3) is 0.875.